The Hall–Kier alpha value is -10.3. The average Bonchev–Trinajstić information content (AvgIpc) is 3.54. The van der Waals surface area contributed by atoms with Gasteiger partial charge >= 0.3 is 0 Å². The van der Waals surface area contributed by atoms with Crippen LogP contribution in [0.2, 0.25) is 0 Å². The van der Waals surface area contributed by atoms with Crippen LogP contribution in [-0.4, -0.2) is 116 Å². The fraction of sp³-hybridized carbons (Fsp3) is 0.267. The highest BCUT2D eigenvalue weighted by Crippen LogP contribution is 2.12. The first-order valence-electron chi connectivity index (χ1n) is 26.9. The highest BCUT2D eigenvalue weighted by molar-refractivity contribution is 5.98. The highest BCUT2D eigenvalue weighted by atomic mass is 16.7. The Morgan fingerprint density at radius 3 is 1.20 bits per heavy atom. The molecular weight excluding hydrogens is 1070 g/mol. The lowest BCUT2D eigenvalue weighted by molar-refractivity contribution is 0.0576. The average molecular weight is 1130 g/mol. The van der Waals surface area contributed by atoms with Crippen LogP contribution >= 0.6 is 0 Å². The van der Waals surface area contributed by atoms with Gasteiger partial charge in [-0.25, -0.2) is 0 Å². The van der Waals surface area contributed by atoms with Crippen LogP contribution in [0, 0.1) is 0 Å². The van der Waals surface area contributed by atoms with Crippen molar-refractivity contribution in [2.75, 3.05) is 52.4 Å². The first-order valence-corrected chi connectivity index (χ1v) is 26.9. The molecule has 0 atom stereocenters. The fourth-order valence-electron chi connectivity index (χ4n) is 8.89. The third-order valence-corrected chi connectivity index (χ3v) is 13.3. The van der Waals surface area contributed by atoms with Gasteiger partial charge in [0.1, 0.15) is 53.7 Å². The molecule has 7 aromatic rings. The van der Waals surface area contributed by atoms with Gasteiger partial charge in [0.2, 0.25) is 0 Å². The molecule has 83 heavy (non-hydrogen) atoms. The molecule has 0 saturated carbocycles. The predicted octanol–water partition coefficient (Wildman–Crippen LogP) is 2.24. The topological polar surface area (TPSA) is 273 Å². The molecule has 4 aromatic heterocycles. The first-order chi connectivity index (χ1) is 40.3. The molecule has 6 amide bonds. The van der Waals surface area contributed by atoms with E-state index in [1.165, 1.54) is 82.1 Å². The molecule has 7 heterocycles. The van der Waals surface area contributed by atoms with E-state index in [1.807, 2.05) is 18.2 Å². The number of hydrogen-bond acceptors (Lipinski definition) is 13. The minimum atomic E-state index is -0.957. The first kappa shape index (κ1) is 58.8. The van der Waals surface area contributed by atoms with E-state index in [0.29, 0.717) is 33.4 Å². The molecule has 0 radical (unpaired) electrons. The van der Waals surface area contributed by atoms with E-state index in [9.17, 15) is 47.9 Å². The minimum Gasteiger partial charge on any atom is -0.405 e. The zero-order valence-electron chi connectivity index (χ0n) is 45.5. The number of hydrogen-bond donors (Lipinski definition) is 4. The maximum Gasteiger partial charge on any atom is 0.296 e. The summed E-state index contributed by atoms with van der Waals surface area (Å²) in [5, 5.41) is 10.7. The van der Waals surface area contributed by atoms with Gasteiger partial charge in [0.25, 0.3) is 57.7 Å². The van der Waals surface area contributed by atoms with Crippen molar-refractivity contribution in [1.82, 2.24) is 49.8 Å². The number of benzene rings is 3. The van der Waals surface area contributed by atoms with Crippen LogP contribution < -0.4 is 58.0 Å². The van der Waals surface area contributed by atoms with Crippen molar-refractivity contribution >= 4 is 35.4 Å². The van der Waals surface area contributed by atoms with Gasteiger partial charge in [0.05, 0.1) is 0 Å². The maximum absolute atomic E-state index is 14.6. The molecule has 3 aromatic carbocycles. The third-order valence-electron chi connectivity index (χ3n) is 13.3. The number of nitrogens with zero attached hydrogens (tertiary/aromatic N) is 6. The summed E-state index contributed by atoms with van der Waals surface area (Å²) in [5.41, 5.74) is -2.09. The number of amides is 6. The molecule has 0 fully saturated rings. The van der Waals surface area contributed by atoms with Crippen LogP contribution in [0.5, 0.6) is 0 Å². The predicted molar refractivity (Wildman–Crippen MR) is 304 cm³/mol. The van der Waals surface area contributed by atoms with Crippen LogP contribution in [0.15, 0.2) is 171 Å². The Morgan fingerprint density at radius 1 is 0.386 bits per heavy atom. The molecule has 23 heteroatoms. The Bertz CT molecular complexity index is 3700. The van der Waals surface area contributed by atoms with Crippen LogP contribution in [0.25, 0.3) is 0 Å². The summed E-state index contributed by atoms with van der Waals surface area (Å²) in [5.74, 6) is -4.23. The summed E-state index contributed by atoms with van der Waals surface area (Å²) in [6, 6.07) is 40.0. The normalized spacial score (nSPS) is 14.4. The van der Waals surface area contributed by atoms with Gasteiger partial charge in [-0.15, -0.1) is 14.2 Å². The summed E-state index contributed by atoms with van der Waals surface area (Å²) in [4.78, 5) is 159. The van der Waals surface area contributed by atoms with Crippen molar-refractivity contribution in [1.29, 1.82) is 0 Å². The quantitative estimate of drug-likeness (QED) is 0.145. The summed E-state index contributed by atoms with van der Waals surface area (Å²) in [6.45, 7) is -0.465. The molecule has 3 aliphatic rings. The number of carbonyl (C=O) groups excluding carboxylic acids is 6. The van der Waals surface area contributed by atoms with Crippen molar-refractivity contribution in [3.63, 3.8) is 0 Å². The SMILES string of the molecule is Cn1c(C(=O)N2CCCCN(C(=O)c3cccc(=O)n3OCc3ccccc3)CCCNC(=O)c3ccc(n(OCc4ccccc4)c3=O)C(=O)NCCNC(=O)c3ccc(c(=O)n3OCc3ccccc3)C(=O)NCCC2)cccc1=O. The molecule has 430 valence electrons. The van der Waals surface area contributed by atoms with Crippen molar-refractivity contribution < 1.29 is 43.3 Å². The number of nitrogens with one attached hydrogen (secondary N) is 4. The number of rotatable bonds is 11. The van der Waals surface area contributed by atoms with Crippen molar-refractivity contribution in [3.05, 3.63) is 244 Å². The van der Waals surface area contributed by atoms with Gasteiger partial charge in [-0.3, -0.25) is 47.9 Å². The van der Waals surface area contributed by atoms with Gasteiger partial charge in [0, 0.05) is 71.5 Å². The zero-order valence-corrected chi connectivity index (χ0v) is 45.5. The second-order valence-electron chi connectivity index (χ2n) is 19.1. The monoisotopic (exact) mass is 1130 g/mol. The molecular formula is C60H62N10O13. The van der Waals surface area contributed by atoms with Crippen LogP contribution in [-0.2, 0) is 26.9 Å². The van der Waals surface area contributed by atoms with E-state index >= 15 is 0 Å². The summed E-state index contributed by atoms with van der Waals surface area (Å²) < 4.78 is 3.58. The van der Waals surface area contributed by atoms with E-state index in [2.05, 4.69) is 21.3 Å². The Balaban J connectivity index is 1.09. The molecule has 4 bridgehead atoms. The lowest BCUT2D eigenvalue weighted by Gasteiger charge is -2.26. The largest absolute Gasteiger partial charge is 0.405 e. The number of pyridine rings is 4. The van der Waals surface area contributed by atoms with Crippen molar-refractivity contribution in [3.8, 4) is 0 Å². The van der Waals surface area contributed by atoms with E-state index in [4.69, 9.17) is 14.5 Å². The van der Waals surface area contributed by atoms with E-state index in [-0.39, 0.29) is 119 Å². The van der Waals surface area contributed by atoms with Gasteiger partial charge in [-0.05, 0) is 78.8 Å². The zero-order chi connectivity index (χ0) is 58.7. The van der Waals surface area contributed by atoms with Gasteiger partial charge in [0.15, 0.2) is 0 Å². The van der Waals surface area contributed by atoms with E-state index in [1.54, 1.807) is 72.8 Å². The van der Waals surface area contributed by atoms with Gasteiger partial charge in [-0.1, -0.05) is 103 Å². The van der Waals surface area contributed by atoms with Crippen LogP contribution in [0.4, 0.5) is 0 Å². The summed E-state index contributed by atoms with van der Waals surface area (Å²) in [7, 11) is 1.47. The highest BCUT2D eigenvalue weighted by Gasteiger charge is 2.26. The summed E-state index contributed by atoms with van der Waals surface area (Å²) >= 11 is 0. The Labute approximate surface area is 475 Å². The molecule has 0 saturated heterocycles. The molecule has 0 unspecified atom stereocenters. The Kier molecular flexibility index (Phi) is 20.3. The number of fused-ring (bicyclic) bond motifs is 2. The molecule has 4 N–H and O–H groups in total. The van der Waals surface area contributed by atoms with Gasteiger partial charge in [-0.2, -0.15) is 0 Å². The molecule has 0 spiro atoms. The number of aromatic nitrogens is 4. The van der Waals surface area contributed by atoms with Crippen molar-refractivity contribution in [2.45, 2.75) is 45.5 Å². The van der Waals surface area contributed by atoms with E-state index in [0.717, 1.165) is 10.3 Å². The fourth-order valence-corrected chi connectivity index (χ4v) is 8.89. The van der Waals surface area contributed by atoms with Gasteiger partial charge < -0.3 is 50.1 Å². The molecule has 10 rings (SSSR count). The molecule has 3 aliphatic heterocycles. The third kappa shape index (κ3) is 15.3. The van der Waals surface area contributed by atoms with Crippen LogP contribution in [0.3, 0.4) is 0 Å². The lowest BCUT2D eigenvalue weighted by atomic mass is 10.2. The minimum absolute atomic E-state index is 0.0161. The second kappa shape index (κ2) is 28.7. The van der Waals surface area contributed by atoms with E-state index < -0.39 is 57.7 Å². The lowest BCUT2D eigenvalue weighted by Crippen LogP contribution is -2.43. The number of carbonyl (C=O) groups is 6. The smallest absolute Gasteiger partial charge is 0.296 e. The maximum atomic E-state index is 14.6. The van der Waals surface area contributed by atoms with Crippen molar-refractivity contribution in [2.24, 2.45) is 7.05 Å². The molecule has 0 aliphatic carbocycles. The summed E-state index contributed by atoms with van der Waals surface area (Å²) in [6.07, 6.45) is 0.980. The standard InChI is InChI=1S/C60H62N10O13/c1-65-49(23-13-25-51(65)71)59(79)66-35-11-12-36-67(60(80)50-24-14-26-52(72)68(50)81-39-42-17-5-2-6-18-42)38-16-32-62-54(74)46-28-30-48(70(58(46)78)83-41-44-21-9-4-10-22-44)56(76)64-34-33-63-55(75)47-29-27-45(53(73)61-31-15-37-66)57(77)69(47)82-40-43-19-7-3-8-20-43/h2-10,13-14,17-30H,11-12,15-16,31-41H2,1H3,(H,61,73)(H,62,74)(H,63,75)(H,64,76). The second-order valence-corrected chi connectivity index (χ2v) is 19.1. The molecule has 23 nitrogen and oxygen atoms in total. The Morgan fingerprint density at radius 2 is 0.759 bits per heavy atom. The van der Waals surface area contributed by atoms with Crippen LogP contribution in [0.1, 0.15) is 105 Å².